The maximum atomic E-state index is 13.9. The normalized spacial score (nSPS) is 14.6. The van der Waals surface area contributed by atoms with Gasteiger partial charge in [0, 0.05) is 24.2 Å². The average molecular weight is 549 g/mol. The molecule has 0 spiro atoms. The van der Waals surface area contributed by atoms with Crippen molar-refractivity contribution in [2.24, 2.45) is 0 Å². The van der Waals surface area contributed by atoms with Crippen molar-refractivity contribution in [2.45, 2.75) is 64.2 Å². The van der Waals surface area contributed by atoms with Crippen molar-refractivity contribution in [3.8, 4) is 5.75 Å². The van der Waals surface area contributed by atoms with Crippen molar-refractivity contribution in [1.29, 1.82) is 0 Å². The maximum Gasteiger partial charge on any atom is 0.253 e. The van der Waals surface area contributed by atoms with Gasteiger partial charge in [-0.05, 0) is 82.1 Å². The molecule has 5 aromatic rings. The van der Waals surface area contributed by atoms with Gasteiger partial charge in [-0.2, -0.15) is 0 Å². The molecule has 1 fully saturated rings. The first-order valence-corrected chi connectivity index (χ1v) is 14.5. The minimum atomic E-state index is -0.466. The van der Waals surface area contributed by atoms with E-state index < -0.39 is 6.04 Å². The van der Waals surface area contributed by atoms with Gasteiger partial charge in [0.15, 0.2) is 5.82 Å². The van der Waals surface area contributed by atoms with Crippen molar-refractivity contribution < 1.29 is 4.74 Å². The molecule has 1 N–H and O–H groups in total. The van der Waals surface area contributed by atoms with Crippen LogP contribution in [0.4, 0.5) is 0 Å². The molecule has 1 aliphatic rings. The van der Waals surface area contributed by atoms with Crippen molar-refractivity contribution in [2.75, 3.05) is 7.11 Å². The van der Waals surface area contributed by atoms with Crippen LogP contribution in [0.5, 0.6) is 5.75 Å². The monoisotopic (exact) mass is 548 g/mol. The minimum Gasteiger partial charge on any atom is -0.497 e. The number of hydrogen-bond acceptors (Lipinski definition) is 6. The van der Waals surface area contributed by atoms with Gasteiger partial charge in [-0.3, -0.25) is 9.69 Å². The molecule has 0 saturated heterocycles. The van der Waals surface area contributed by atoms with E-state index in [9.17, 15) is 4.79 Å². The number of nitrogens with one attached hydrogen (secondary N) is 1. The van der Waals surface area contributed by atoms with E-state index in [1.807, 2.05) is 47.1 Å². The average Bonchev–Trinajstić information content (AvgIpc) is 3.71. The smallest absolute Gasteiger partial charge is 0.253 e. The van der Waals surface area contributed by atoms with Crippen molar-refractivity contribution in [3.05, 3.63) is 117 Å². The number of hydrogen-bond donors (Lipinski definition) is 1. The maximum absolute atomic E-state index is 13.9. The Kier molecular flexibility index (Phi) is 7.91. The zero-order valence-electron chi connectivity index (χ0n) is 23.7. The summed E-state index contributed by atoms with van der Waals surface area (Å²) in [6, 6.07) is 26.5. The fraction of sp³-hybridized carbons (Fsp3) is 0.333. The molecule has 8 nitrogen and oxygen atoms in total. The standard InChI is InChI=1S/C33H36N6O2/c1-3-23-15-18-30-26(19-23)20-29(33(40)34-30)31(32-35-36-37-39(32)27-11-7-8-12-27)38(21-24-9-5-4-6-10-24)22-25-13-16-28(41-2)17-14-25/h4-6,9-10,13-20,27,31H,3,7-8,11-12,21-22H2,1-2H3,(H,34,40)/t31-/m1/s1. The topological polar surface area (TPSA) is 88.9 Å². The lowest BCUT2D eigenvalue weighted by atomic mass is 10.00. The predicted octanol–water partition coefficient (Wildman–Crippen LogP) is 5.99. The number of aryl methyl sites for hydroxylation is 1. The molecule has 1 aliphatic carbocycles. The van der Waals surface area contributed by atoms with E-state index in [-0.39, 0.29) is 11.6 Å². The first kappa shape index (κ1) is 26.9. The lowest BCUT2D eigenvalue weighted by Crippen LogP contribution is -2.35. The number of aromatic amines is 1. The Morgan fingerprint density at radius 1 is 0.951 bits per heavy atom. The van der Waals surface area contributed by atoms with Gasteiger partial charge in [0.25, 0.3) is 5.56 Å². The van der Waals surface area contributed by atoms with E-state index in [0.29, 0.717) is 24.5 Å². The summed E-state index contributed by atoms with van der Waals surface area (Å²) in [4.78, 5) is 19.3. The number of aromatic nitrogens is 5. The molecule has 1 saturated carbocycles. The Morgan fingerprint density at radius 2 is 1.66 bits per heavy atom. The molecule has 2 aromatic heterocycles. The summed E-state index contributed by atoms with van der Waals surface area (Å²) in [7, 11) is 1.67. The summed E-state index contributed by atoms with van der Waals surface area (Å²) < 4.78 is 7.39. The first-order chi connectivity index (χ1) is 20.1. The summed E-state index contributed by atoms with van der Waals surface area (Å²) in [6.07, 6.45) is 5.31. The second kappa shape index (κ2) is 12.1. The van der Waals surface area contributed by atoms with Gasteiger partial charge in [-0.25, -0.2) is 4.68 Å². The van der Waals surface area contributed by atoms with Gasteiger partial charge in [-0.1, -0.05) is 68.3 Å². The van der Waals surface area contributed by atoms with Crippen LogP contribution in [0.2, 0.25) is 0 Å². The molecule has 2 heterocycles. The molecule has 1 atom stereocenters. The highest BCUT2D eigenvalue weighted by Crippen LogP contribution is 2.35. The van der Waals surface area contributed by atoms with Gasteiger partial charge in [-0.15, -0.1) is 5.10 Å². The largest absolute Gasteiger partial charge is 0.497 e. The van der Waals surface area contributed by atoms with E-state index >= 15 is 0 Å². The predicted molar refractivity (Wildman–Crippen MR) is 160 cm³/mol. The lowest BCUT2D eigenvalue weighted by Gasteiger charge is -2.32. The summed E-state index contributed by atoms with van der Waals surface area (Å²) in [5.41, 5.74) is 4.83. The quantitative estimate of drug-likeness (QED) is 0.231. The third kappa shape index (κ3) is 5.79. The number of rotatable bonds is 10. The van der Waals surface area contributed by atoms with Gasteiger partial charge < -0.3 is 9.72 Å². The number of benzene rings is 3. The molecule has 0 bridgehead atoms. The summed E-state index contributed by atoms with van der Waals surface area (Å²) in [5.74, 6) is 1.51. The fourth-order valence-electron chi connectivity index (χ4n) is 6.01. The molecular weight excluding hydrogens is 512 g/mol. The molecule has 3 aromatic carbocycles. The van der Waals surface area contributed by atoms with E-state index in [4.69, 9.17) is 4.74 Å². The molecule has 8 heteroatoms. The molecule has 0 amide bonds. The van der Waals surface area contributed by atoms with Gasteiger partial charge >= 0.3 is 0 Å². The van der Waals surface area contributed by atoms with Crippen LogP contribution in [0.1, 0.15) is 72.8 Å². The number of nitrogens with zero attached hydrogens (tertiary/aromatic N) is 5. The van der Waals surface area contributed by atoms with Crippen LogP contribution in [0, 0.1) is 0 Å². The molecule has 6 rings (SSSR count). The van der Waals surface area contributed by atoms with Crippen LogP contribution in [0.3, 0.4) is 0 Å². The highest BCUT2D eigenvalue weighted by molar-refractivity contribution is 5.80. The van der Waals surface area contributed by atoms with Gasteiger partial charge in [0.2, 0.25) is 0 Å². The highest BCUT2D eigenvalue weighted by atomic mass is 16.5. The fourth-order valence-corrected chi connectivity index (χ4v) is 6.01. The van der Waals surface area contributed by atoms with Gasteiger partial charge in [0.05, 0.1) is 13.2 Å². The molecule has 210 valence electrons. The van der Waals surface area contributed by atoms with Crippen LogP contribution < -0.4 is 10.3 Å². The second-order valence-corrected chi connectivity index (χ2v) is 10.9. The number of methoxy groups -OCH3 is 1. The van der Waals surface area contributed by atoms with Crippen molar-refractivity contribution in [1.82, 2.24) is 30.1 Å². The molecule has 0 radical (unpaired) electrons. The van der Waals surface area contributed by atoms with Crippen LogP contribution in [-0.4, -0.2) is 37.2 Å². The second-order valence-electron chi connectivity index (χ2n) is 10.9. The Morgan fingerprint density at radius 3 is 2.37 bits per heavy atom. The molecule has 0 aliphatic heterocycles. The number of ether oxygens (including phenoxy) is 1. The SMILES string of the molecule is CCc1ccc2[nH]c(=O)c([C@H](c3nnnn3C3CCCC3)N(Cc3ccccc3)Cc3ccc(OC)cc3)cc2c1. The van der Waals surface area contributed by atoms with E-state index in [1.165, 1.54) is 5.56 Å². The highest BCUT2D eigenvalue weighted by Gasteiger charge is 2.33. The van der Waals surface area contributed by atoms with E-state index in [0.717, 1.165) is 59.9 Å². The van der Waals surface area contributed by atoms with E-state index in [1.54, 1.807) is 7.11 Å². The summed E-state index contributed by atoms with van der Waals surface area (Å²) >= 11 is 0. The minimum absolute atomic E-state index is 0.125. The Balaban J connectivity index is 1.52. The number of tetrazole rings is 1. The van der Waals surface area contributed by atoms with E-state index in [2.05, 4.69) is 68.7 Å². The molecule has 41 heavy (non-hydrogen) atoms. The van der Waals surface area contributed by atoms with Crippen LogP contribution in [-0.2, 0) is 19.5 Å². The Bertz CT molecular complexity index is 1660. The van der Waals surface area contributed by atoms with Crippen LogP contribution >= 0.6 is 0 Å². The summed E-state index contributed by atoms with van der Waals surface area (Å²) in [5, 5.41) is 14.3. The van der Waals surface area contributed by atoms with Crippen LogP contribution in [0.15, 0.2) is 83.7 Å². The third-order valence-corrected chi connectivity index (χ3v) is 8.21. The molecular formula is C33H36N6O2. The summed E-state index contributed by atoms with van der Waals surface area (Å²) in [6.45, 7) is 3.35. The number of H-pyrrole nitrogens is 1. The third-order valence-electron chi connectivity index (χ3n) is 8.21. The number of pyridine rings is 1. The van der Waals surface area contributed by atoms with Crippen molar-refractivity contribution >= 4 is 10.9 Å². The molecule has 0 unspecified atom stereocenters. The number of fused-ring (bicyclic) bond motifs is 1. The Hall–Kier alpha value is -4.30. The van der Waals surface area contributed by atoms with Gasteiger partial charge in [0.1, 0.15) is 11.8 Å². The zero-order chi connectivity index (χ0) is 28.2. The zero-order valence-corrected chi connectivity index (χ0v) is 23.7. The first-order valence-electron chi connectivity index (χ1n) is 14.5. The lowest BCUT2D eigenvalue weighted by molar-refractivity contribution is 0.190. The Labute approximate surface area is 240 Å². The van der Waals surface area contributed by atoms with Crippen LogP contribution in [0.25, 0.3) is 10.9 Å². The van der Waals surface area contributed by atoms with Crippen molar-refractivity contribution in [3.63, 3.8) is 0 Å².